The lowest BCUT2D eigenvalue weighted by molar-refractivity contribution is -0.395. The summed E-state index contributed by atoms with van der Waals surface area (Å²) >= 11 is 0. The molecular formula is C21H26O11. The maximum Gasteiger partial charge on any atom is 0.189 e. The zero-order valence-electron chi connectivity index (χ0n) is 16.7. The van der Waals surface area contributed by atoms with E-state index in [1.807, 2.05) is 0 Å². The van der Waals surface area contributed by atoms with E-state index in [1.165, 1.54) is 0 Å². The van der Waals surface area contributed by atoms with E-state index in [1.54, 1.807) is 42.5 Å². The predicted octanol–water partition coefficient (Wildman–Crippen LogP) is -2.76. The van der Waals surface area contributed by atoms with Crippen LogP contribution in [0.4, 0.5) is 0 Å². The Morgan fingerprint density at radius 2 is 1.41 bits per heavy atom. The van der Waals surface area contributed by atoms with Crippen LogP contribution in [0.25, 0.3) is 10.8 Å². The number of hydrogen-bond acceptors (Lipinski definition) is 11. The monoisotopic (exact) mass is 454 g/mol. The highest BCUT2D eigenvalue weighted by atomic mass is 16.8. The molecule has 2 aromatic rings. The highest BCUT2D eigenvalue weighted by Gasteiger charge is 2.58. The number of aliphatic hydroxyl groups is 8. The Hall–Kier alpha value is -1.74. The quantitative estimate of drug-likeness (QED) is 0.239. The van der Waals surface area contributed by atoms with Crippen LogP contribution in [0.3, 0.4) is 0 Å². The van der Waals surface area contributed by atoms with E-state index in [2.05, 4.69) is 0 Å². The molecule has 0 spiro atoms. The van der Waals surface area contributed by atoms with Gasteiger partial charge in [-0.2, -0.15) is 0 Å². The van der Waals surface area contributed by atoms with Gasteiger partial charge in [0.2, 0.25) is 0 Å². The summed E-state index contributed by atoms with van der Waals surface area (Å²) in [5.41, 5.74) is -1.65. The maximum atomic E-state index is 10.8. The summed E-state index contributed by atoms with van der Waals surface area (Å²) in [7, 11) is 0. The molecule has 11 nitrogen and oxygen atoms in total. The molecule has 11 heteroatoms. The third-order valence-corrected chi connectivity index (χ3v) is 6.05. The topological polar surface area (TPSA) is 190 Å². The predicted molar refractivity (Wildman–Crippen MR) is 106 cm³/mol. The van der Waals surface area contributed by atoms with Crippen LogP contribution in [0.15, 0.2) is 42.5 Å². The van der Waals surface area contributed by atoms with Crippen LogP contribution in [0.1, 0.15) is 5.56 Å². The number of ether oxygens (including phenoxy) is 3. The van der Waals surface area contributed by atoms with Gasteiger partial charge in [-0.05, 0) is 16.3 Å². The lowest BCUT2D eigenvalue weighted by Crippen LogP contribution is -2.67. The summed E-state index contributed by atoms with van der Waals surface area (Å²) < 4.78 is 16.3. The Balaban J connectivity index is 1.80. The van der Waals surface area contributed by atoms with Crippen LogP contribution in [-0.4, -0.2) is 103 Å². The number of fused-ring (bicyclic) bond motifs is 1. The van der Waals surface area contributed by atoms with E-state index < -0.39 is 67.7 Å². The molecule has 2 aliphatic rings. The smallest absolute Gasteiger partial charge is 0.189 e. The summed E-state index contributed by atoms with van der Waals surface area (Å²) in [6, 6.07) is 12.1. The van der Waals surface area contributed by atoms with Gasteiger partial charge in [-0.1, -0.05) is 42.5 Å². The standard InChI is InChI=1S/C21H26O11/c22-8-21(11-7-3-5-9-4-1-2-6-10(9)11)17(13(24)15(26)19(29)32-21)30-20-16(27)12(23)14(25)18(28)31-20/h1-7,12-20,22-29H,8H2/t12-,13-,14-,15+,16+,17-,18-,19+,20+,21-/m0/s1. The van der Waals surface area contributed by atoms with Gasteiger partial charge in [0.15, 0.2) is 18.9 Å². The molecular weight excluding hydrogens is 428 g/mol. The Morgan fingerprint density at radius 1 is 0.750 bits per heavy atom. The van der Waals surface area contributed by atoms with E-state index in [0.29, 0.717) is 10.9 Å². The van der Waals surface area contributed by atoms with Crippen molar-refractivity contribution in [1.29, 1.82) is 0 Å². The fourth-order valence-electron chi connectivity index (χ4n) is 4.28. The molecule has 2 saturated heterocycles. The molecule has 10 atom stereocenters. The highest BCUT2D eigenvalue weighted by molar-refractivity contribution is 5.86. The molecule has 0 saturated carbocycles. The molecule has 2 aliphatic heterocycles. The molecule has 32 heavy (non-hydrogen) atoms. The fraction of sp³-hybridized carbons (Fsp3) is 0.524. The SMILES string of the molecule is OC[C@@]1(c2cccc3ccccc23)O[C@@H](O)[C@H](O)[C@H](O)[C@@H]1O[C@@H]1O[C@H](O)[C@@H](O)[C@H](O)[C@H]1O. The molecule has 2 fully saturated rings. The minimum atomic E-state index is -1.95. The normalized spacial score (nSPS) is 42.8. The van der Waals surface area contributed by atoms with Gasteiger partial charge in [0, 0.05) is 0 Å². The van der Waals surface area contributed by atoms with Gasteiger partial charge in [-0.3, -0.25) is 0 Å². The summed E-state index contributed by atoms with van der Waals surface area (Å²) in [5.74, 6) is 0. The third kappa shape index (κ3) is 3.71. The molecule has 0 unspecified atom stereocenters. The summed E-state index contributed by atoms with van der Waals surface area (Å²) in [6.07, 6.45) is -16.5. The second-order valence-electron chi connectivity index (χ2n) is 7.99. The van der Waals surface area contributed by atoms with E-state index in [4.69, 9.17) is 14.2 Å². The Bertz CT molecular complexity index is 936. The first-order valence-corrected chi connectivity index (χ1v) is 10.1. The van der Waals surface area contributed by atoms with Gasteiger partial charge in [-0.25, -0.2) is 0 Å². The summed E-state index contributed by atoms with van der Waals surface area (Å²) in [5, 5.41) is 82.8. The van der Waals surface area contributed by atoms with Crippen molar-refractivity contribution in [2.45, 2.75) is 61.1 Å². The van der Waals surface area contributed by atoms with Crippen molar-refractivity contribution in [2.75, 3.05) is 6.61 Å². The Kier molecular flexibility index (Phi) is 6.51. The average molecular weight is 454 g/mol. The van der Waals surface area contributed by atoms with E-state index in [9.17, 15) is 40.9 Å². The molecule has 2 aromatic carbocycles. The summed E-state index contributed by atoms with van der Waals surface area (Å²) in [6.45, 7) is -0.830. The zero-order chi connectivity index (χ0) is 23.2. The number of hydrogen-bond donors (Lipinski definition) is 8. The van der Waals surface area contributed by atoms with Crippen LogP contribution < -0.4 is 0 Å². The van der Waals surface area contributed by atoms with E-state index in [0.717, 1.165) is 5.39 Å². The van der Waals surface area contributed by atoms with Crippen molar-refractivity contribution in [3.05, 3.63) is 48.0 Å². The lowest BCUT2D eigenvalue weighted by Gasteiger charge is -2.50. The first-order valence-electron chi connectivity index (χ1n) is 10.1. The van der Waals surface area contributed by atoms with Crippen LogP contribution in [0, 0.1) is 0 Å². The highest BCUT2D eigenvalue weighted by Crippen LogP contribution is 2.43. The number of aliphatic hydroxyl groups excluding tert-OH is 8. The fourth-order valence-corrected chi connectivity index (χ4v) is 4.28. The molecule has 8 N–H and O–H groups in total. The Labute approximate surface area is 182 Å². The first kappa shape index (κ1) is 23.4. The number of rotatable bonds is 4. The van der Waals surface area contributed by atoms with Gasteiger partial charge in [0.1, 0.15) is 42.2 Å². The molecule has 0 amide bonds. The second-order valence-corrected chi connectivity index (χ2v) is 7.99. The minimum absolute atomic E-state index is 0.305. The van der Waals surface area contributed by atoms with Crippen molar-refractivity contribution >= 4 is 10.8 Å². The first-order chi connectivity index (χ1) is 15.2. The Morgan fingerprint density at radius 3 is 2.12 bits per heavy atom. The molecule has 0 aromatic heterocycles. The maximum absolute atomic E-state index is 10.8. The largest absolute Gasteiger partial charge is 0.393 e. The van der Waals surface area contributed by atoms with Crippen LogP contribution in [-0.2, 0) is 19.8 Å². The molecule has 2 heterocycles. The van der Waals surface area contributed by atoms with Crippen molar-refractivity contribution < 1.29 is 55.1 Å². The van der Waals surface area contributed by atoms with Crippen LogP contribution in [0.5, 0.6) is 0 Å². The van der Waals surface area contributed by atoms with Gasteiger partial charge >= 0.3 is 0 Å². The van der Waals surface area contributed by atoms with Crippen LogP contribution in [0.2, 0.25) is 0 Å². The molecule has 0 bridgehead atoms. The van der Waals surface area contributed by atoms with E-state index in [-0.39, 0.29) is 0 Å². The van der Waals surface area contributed by atoms with Crippen molar-refractivity contribution in [2.24, 2.45) is 0 Å². The van der Waals surface area contributed by atoms with Gasteiger partial charge < -0.3 is 55.1 Å². The molecule has 0 aliphatic carbocycles. The second kappa shape index (κ2) is 8.89. The van der Waals surface area contributed by atoms with Crippen molar-refractivity contribution in [1.82, 2.24) is 0 Å². The van der Waals surface area contributed by atoms with Gasteiger partial charge in [-0.15, -0.1) is 0 Å². The summed E-state index contributed by atoms with van der Waals surface area (Å²) in [4.78, 5) is 0. The number of benzene rings is 2. The molecule has 176 valence electrons. The zero-order valence-corrected chi connectivity index (χ0v) is 16.7. The van der Waals surface area contributed by atoms with Crippen LogP contribution >= 0.6 is 0 Å². The van der Waals surface area contributed by atoms with Gasteiger partial charge in [0.05, 0.1) is 6.61 Å². The lowest BCUT2D eigenvalue weighted by atomic mass is 9.79. The van der Waals surface area contributed by atoms with Gasteiger partial charge in [0.25, 0.3) is 0 Å². The third-order valence-electron chi connectivity index (χ3n) is 6.05. The minimum Gasteiger partial charge on any atom is -0.393 e. The molecule has 4 rings (SSSR count). The average Bonchev–Trinajstić information content (AvgIpc) is 2.80. The molecule has 0 radical (unpaired) electrons. The van der Waals surface area contributed by atoms with E-state index >= 15 is 0 Å². The van der Waals surface area contributed by atoms with Crippen molar-refractivity contribution in [3.63, 3.8) is 0 Å². The van der Waals surface area contributed by atoms with Crippen molar-refractivity contribution in [3.8, 4) is 0 Å².